The number of amides is 1. The molecule has 0 bridgehead atoms. The molecule has 8 heteroatoms. The molecule has 0 unspecified atom stereocenters. The molecule has 2 aromatic carbocycles. The third kappa shape index (κ3) is 7.17. The molecule has 2 aliphatic heterocycles. The van der Waals surface area contributed by atoms with Crippen LogP contribution in [0.4, 0.5) is 5.69 Å². The molecular formula is C29H38N2O6. The van der Waals surface area contributed by atoms with Crippen LogP contribution in [-0.4, -0.2) is 53.7 Å². The van der Waals surface area contributed by atoms with Gasteiger partial charge in [0, 0.05) is 30.6 Å². The van der Waals surface area contributed by atoms with Crippen LogP contribution in [0.25, 0.3) is 0 Å². The summed E-state index contributed by atoms with van der Waals surface area (Å²) in [6.07, 6.45) is 2.11. The highest BCUT2D eigenvalue weighted by molar-refractivity contribution is 5.94. The highest BCUT2D eigenvalue weighted by atomic mass is 16.7. The van der Waals surface area contributed by atoms with Crippen molar-refractivity contribution in [3.05, 3.63) is 65.2 Å². The Bertz CT molecular complexity index is 1040. The van der Waals surface area contributed by atoms with Crippen LogP contribution in [0.5, 0.6) is 0 Å². The van der Waals surface area contributed by atoms with E-state index < -0.39 is 24.3 Å². The first-order valence-electron chi connectivity index (χ1n) is 13.1. The quantitative estimate of drug-likeness (QED) is 0.510. The van der Waals surface area contributed by atoms with Crippen LogP contribution in [0.3, 0.4) is 0 Å². The Morgan fingerprint density at radius 3 is 2.30 bits per heavy atom. The second-order valence-corrected chi connectivity index (χ2v) is 10.0. The number of carbonyl (C=O) groups excluding carboxylic acids is 2. The van der Waals surface area contributed by atoms with Gasteiger partial charge in [-0.1, -0.05) is 49.7 Å². The minimum absolute atomic E-state index is 0.00716. The number of nitrogens with one attached hydrogen (secondary N) is 1. The number of anilines is 1. The number of hydrogen-bond donors (Lipinski definition) is 2. The van der Waals surface area contributed by atoms with E-state index in [0.717, 1.165) is 36.3 Å². The third-order valence-corrected chi connectivity index (χ3v) is 7.17. The van der Waals surface area contributed by atoms with Crippen molar-refractivity contribution in [3.8, 4) is 0 Å². The van der Waals surface area contributed by atoms with Gasteiger partial charge in [0.05, 0.1) is 18.8 Å². The molecule has 2 aliphatic rings. The van der Waals surface area contributed by atoms with Crippen molar-refractivity contribution >= 4 is 17.6 Å². The summed E-state index contributed by atoms with van der Waals surface area (Å²) in [5.41, 5.74) is 3.38. The third-order valence-electron chi connectivity index (χ3n) is 7.17. The summed E-state index contributed by atoms with van der Waals surface area (Å²) in [6.45, 7) is 8.03. The molecule has 37 heavy (non-hydrogen) atoms. The number of aliphatic hydroxyl groups is 1. The van der Waals surface area contributed by atoms with E-state index in [9.17, 15) is 14.7 Å². The lowest BCUT2D eigenvalue weighted by Gasteiger charge is -2.43. The number of piperidine rings is 1. The Labute approximate surface area is 218 Å². The lowest BCUT2D eigenvalue weighted by atomic mass is 9.89. The number of benzene rings is 2. The molecule has 0 spiro atoms. The van der Waals surface area contributed by atoms with Crippen LogP contribution < -0.4 is 5.32 Å². The summed E-state index contributed by atoms with van der Waals surface area (Å²) in [6, 6.07) is 15.3. The Balaban J connectivity index is 1.50. The van der Waals surface area contributed by atoms with E-state index >= 15 is 0 Å². The van der Waals surface area contributed by atoms with Gasteiger partial charge in [0.15, 0.2) is 12.4 Å². The van der Waals surface area contributed by atoms with Gasteiger partial charge in [-0.15, -0.1) is 0 Å². The van der Waals surface area contributed by atoms with Crippen molar-refractivity contribution in [2.45, 2.75) is 71.2 Å². The standard InChI is InChI=1S/C29H38N2O6/c1-19-26(17-31-15-5-4-6-16-31)36-29(37-27(19)23-9-7-22(18-32)8-10-23)24-11-13-25(14-12-24)30-28(34)20(2)35-21(3)33/h7-14,19-20,26-27,29,32H,4-6,15-18H2,1-3H3,(H,30,34)/t19-,20-,26+,27+,29+/m0/s1. The average Bonchev–Trinajstić information content (AvgIpc) is 2.90. The maximum Gasteiger partial charge on any atom is 0.303 e. The van der Waals surface area contributed by atoms with Gasteiger partial charge in [-0.3, -0.25) is 9.59 Å². The first-order chi connectivity index (χ1) is 17.8. The van der Waals surface area contributed by atoms with Gasteiger partial charge in [0.1, 0.15) is 0 Å². The number of rotatable bonds is 8. The van der Waals surface area contributed by atoms with Crippen LogP contribution in [0.2, 0.25) is 0 Å². The van der Waals surface area contributed by atoms with E-state index in [4.69, 9.17) is 14.2 Å². The van der Waals surface area contributed by atoms with Gasteiger partial charge in [-0.05, 0) is 56.1 Å². The van der Waals surface area contributed by atoms with Gasteiger partial charge in [-0.2, -0.15) is 0 Å². The second-order valence-electron chi connectivity index (χ2n) is 10.0. The fourth-order valence-corrected chi connectivity index (χ4v) is 4.99. The van der Waals surface area contributed by atoms with Gasteiger partial charge in [0.25, 0.3) is 5.91 Å². The maximum atomic E-state index is 12.3. The molecule has 1 amide bonds. The van der Waals surface area contributed by atoms with E-state index in [2.05, 4.69) is 17.1 Å². The molecule has 4 rings (SSSR count). The van der Waals surface area contributed by atoms with Crippen LogP contribution in [0.15, 0.2) is 48.5 Å². The zero-order valence-electron chi connectivity index (χ0n) is 21.9. The van der Waals surface area contributed by atoms with Gasteiger partial charge >= 0.3 is 5.97 Å². The minimum Gasteiger partial charge on any atom is -0.453 e. The number of esters is 1. The van der Waals surface area contributed by atoms with E-state index in [1.807, 2.05) is 36.4 Å². The summed E-state index contributed by atoms with van der Waals surface area (Å²) in [7, 11) is 0. The molecule has 200 valence electrons. The molecule has 2 saturated heterocycles. The molecule has 2 aromatic rings. The van der Waals surface area contributed by atoms with E-state index in [-0.39, 0.29) is 24.7 Å². The average molecular weight is 511 g/mol. The summed E-state index contributed by atoms with van der Waals surface area (Å²) >= 11 is 0. The topological polar surface area (TPSA) is 97.3 Å². The van der Waals surface area contributed by atoms with Crippen molar-refractivity contribution < 1.29 is 28.9 Å². The summed E-state index contributed by atoms with van der Waals surface area (Å²) < 4.78 is 18.0. The molecule has 0 saturated carbocycles. The van der Waals surface area contributed by atoms with Crippen LogP contribution in [0.1, 0.15) is 69.1 Å². The Morgan fingerprint density at radius 1 is 1.03 bits per heavy atom. The first kappa shape index (κ1) is 27.3. The summed E-state index contributed by atoms with van der Waals surface area (Å²) in [5, 5.41) is 12.2. The lowest BCUT2D eigenvalue weighted by Crippen LogP contribution is -2.45. The Morgan fingerprint density at radius 2 is 1.68 bits per heavy atom. The molecular weight excluding hydrogens is 472 g/mol. The molecule has 0 radical (unpaired) electrons. The number of aliphatic hydroxyl groups excluding tert-OH is 1. The zero-order valence-corrected chi connectivity index (χ0v) is 21.9. The SMILES string of the molecule is CC(=O)O[C@@H](C)C(=O)Nc1ccc([C@@H]2O[C@H](CN3CCCCC3)[C@H](C)[C@H](c3ccc(CO)cc3)O2)cc1. The van der Waals surface area contributed by atoms with Gasteiger partial charge in [0.2, 0.25) is 0 Å². The fourth-order valence-electron chi connectivity index (χ4n) is 4.99. The van der Waals surface area contributed by atoms with Crippen molar-refractivity contribution in [2.75, 3.05) is 25.0 Å². The predicted molar refractivity (Wildman–Crippen MR) is 140 cm³/mol. The van der Waals surface area contributed by atoms with Crippen molar-refractivity contribution in [3.63, 3.8) is 0 Å². The van der Waals surface area contributed by atoms with Crippen molar-refractivity contribution in [2.24, 2.45) is 5.92 Å². The second kappa shape index (κ2) is 12.6. The van der Waals surface area contributed by atoms with Crippen LogP contribution in [-0.2, 0) is 30.4 Å². The molecule has 2 N–H and O–H groups in total. The highest BCUT2D eigenvalue weighted by Crippen LogP contribution is 2.42. The number of ether oxygens (including phenoxy) is 3. The van der Waals surface area contributed by atoms with E-state index in [1.54, 1.807) is 12.1 Å². The molecule has 0 aliphatic carbocycles. The molecule has 8 nitrogen and oxygen atoms in total. The number of likely N-dealkylation sites (tertiary alicyclic amines) is 1. The first-order valence-corrected chi connectivity index (χ1v) is 13.1. The van der Waals surface area contributed by atoms with Crippen LogP contribution in [0, 0.1) is 5.92 Å². The van der Waals surface area contributed by atoms with Crippen molar-refractivity contribution in [1.29, 1.82) is 0 Å². The smallest absolute Gasteiger partial charge is 0.303 e. The monoisotopic (exact) mass is 510 g/mol. The molecule has 2 fully saturated rings. The minimum atomic E-state index is -0.878. The van der Waals surface area contributed by atoms with Gasteiger partial charge < -0.3 is 29.5 Å². The van der Waals surface area contributed by atoms with Gasteiger partial charge in [-0.25, -0.2) is 0 Å². The normalized spacial score (nSPS) is 25.3. The largest absolute Gasteiger partial charge is 0.453 e. The summed E-state index contributed by atoms with van der Waals surface area (Å²) in [5.74, 6) is -0.757. The Kier molecular flexibility index (Phi) is 9.32. The zero-order chi connectivity index (χ0) is 26.4. The molecule has 5 atom stereocenters. The molecule has 2 heterocycles. The predicted octanol–water partition coefficient (Wildman–Crippen LogP) is 4.35. The van der Waals surface area contributed by atoms with E-state index in [0.29, 0.717) is 5.69 Å². The van der Waals surface area contributed by atoms with Crippen LogP contribution >= 0.6 is 0 Å². The highest BCUT2D eigenvalue weighted by Gasteiger charge is 2.39. The lowest BCUT2D eigenvalue weighted by molar-refractivity contribution is -0.276. The maximum absolute atomic E-state index is 12.3. The van der Waals surface area contributed by atoms with Crippen molar-refractivity contribution in [1.82, 2.24) is 4.90 Å². The fraction of sp³-hybridized carbons (Fsp3) is 0.517. The number of carbonyl (C=O) groups is 2. The Hall–Kier alpha value is -2.78. The summed E-state index contributed by atoms with van der Waals surface area (Å²) in [4.78, 5) is 25.9. The number of hydrogen-bond acceptors (Lipinski definition) is 7. The van der Waals surface area contributed by atoms with E-state index in [1.165, 1.54) is 33.1 Å². The number of nitrogens with zero attached hydrogens (tertiary/aromatic N) is 1. The molecule has 0 aromatic heterocycles.